The number of halogens is 3. The van der Waals surface area contributed by atoms with Gasteiger partial charge < -0.3 is 9.47 Å². The maximum absolute atomic E-state index is 13.8. The van der Waals surface area contributed by atoms with Crippen LogP contribution >= 0.6 is 0 Å². The zero-order valence-corrected chi connectivity index (χ0v) is 20.7. The number of hydrogen-bond acceptors (Lipinski definition) is 5. The molecule has 36 heavy (non-hydrogen) atoms. The Hall–Kier alpha value is -3.07. The summed E-state index contributed by atoms with van der Waals surface area (Å²) in [4.78, 5) is 10.3. The molecule has 3 rings (SSSR count). The van der Waals surface area contributed by atoms with Crippen LogP contribution in [0.4, 0.5) is 13.2 Å². The Morgan fingerprint density at radius 2 is 1.67 bits per heavy atom. The summed E-state index contributed by atoms with van der Waals surface area (Å²) in [6.45, 7) is 3.96. The van der Waals surface area contributed by atoms with Crippen LogP contribution in [-0.4, -0.2) is 33.1 Å². The van der Waals surface area contributed by atoms with Gasteiger partial charge in [0.25, 0.3) is 9.84 Å². The minimum atomic E-state index is -5.61. The van der Waals surface area contributed by atoms with Gasteiger partial charge in [-0.1, -0.05) is 43.0 Å². The molecular weight excluding hydrogens is 493 g/mol. The van der Waals surface area contributed by atoms with Gasteiger partial charge in [-0.15, -0.1) is 0 Å². The Balaban J connectivity index is 1.81. The highest BCUT2D eigenvalue weighted by Gasteiger charge is 2.50. The number of ether oxygens (including phenoxy) is 2. The van der Waals surface area contributed by atoms with Crippen molar-refractivity contribution >= 4 is 26.3 Å². The van der Waals surface area contributed by atoms with Crippen molar-refractivity contribution in [3.8, 4) is 5.75 Å². The van der Waals surface area contributed by atoms with E-state index in [4.69, 9.17) is 9.47 Å². The molecule has 0 atom stereocenters. The van der Waals surface area contributed by atoms with Gasteiger partial charge in [0.15, 0.2) is 0 Å². The molecule has 0 aliphatic heterocycles. The Morgan fingerprint density at radius 1 is 0.972 bits per heavy atom. The number of hydrogen-bond donors (Lipinski definition) is 0. The molecule has 194 valence electrons. The zero-order chi connectivity index (χ0) is 26.2. The summed E-state index contributed by atoms with van der Waals surface area (Å²) in [5.74, 6) is -0.143. The number of carbonyl (C=O) groups excluding carboxylic acids is 1. The minimum Gasteiger partial charge on any atom is -0.494 e. The van der Waals surface area contributed by atoms with Crippen LogP contribution in [0.2, 0.25) is 0 Å². The van der Waals surface area contributed by atoms with E-state index in [1.807, 2.05) is 0 Å². The quantitative estimate of drug-likeness (QED) is 0.192. The number of unbranched alkanes of at least 4 members (excludes halogenated alkanes) is 3. The topological polar surface area (TPSA) is 69.7 Å². The van der Waals surface area contributed by atoms with Gasteiger partial charge in [-0.05, 0) is 73.8 Å². The summed E-state index contributed by atoms with van der Waals surface area (Å²) in [6.07, 6.45) is 5.31. The van der Waals surface area contributed by atoms with Gasteiger partial charge >= 0.3 is 11.5 Å². The van der Waals surface area contributed by atoms with Gasteiger partial charge in [0.2, 0.25) is 0 Å². The molecule has 0 heterocycles. The van der Waals surface area contributed by atoms with E-state index in [9.17, 15) is 26.4 Å². The van der Waals surface area contributed by atoms with Crippen LogP contribution in [0, 0.1) is 0 Å². The second-order valence-corrected chi connectivity index (χ2v) is 10.3. The average Bonchev–Trinajstić information content (AvgIpc) is 3.05. The molecule has 0 unspecified atom stereocenters. The van der Waals surface area contributed by atoms with Gasteiger partial charge in [0.05, 0.1) is 18.1 Å². The summed E-state index contributed by atoms with van der Waals surface area (Å²) in [5, 5.41) is 0. The van der Waals surface area contributed by atoms with Gasteiger partial charge in [0, 0.05) is 11.6 Å². The monoisotopic (exact) mass is 522 g/mol. The van der Waals surface area contributed by atoms with Crippen LogP contribution in [0.5, 0.6) is 5.75 Å². The number of sulfone groups is 1. The smallest absolute Gasteiger partial charge is 0.494 e. The molecular formula is C27H29F3O5S. The Kier molecular flexibility index (Phi) is 9.37. The fourth-order valence-electron chi connectivity index (χ4n) is 4.12. The van der Waals surface area contributed by atoms with Gasteiger partial charge in [-0.25, -0.2) is 13.2 Å². The van der Waals surface area contributed by atoms with Crippen molar-refractivity contribution in [2.24, 2.45) is 0 Å². The molecule has 0 amide bonds. The van der Waals surface area contributed by atoms with Crippen molar-refractivity contribution in [3.05, 3.63) is 77.9 Å². The molecule has 0 spiro atoms. The fraction of sp³-hybridized carbons (Fsp3) is 0.370. The zero-order valence-electron chi connectivity index (χ0n) is 19.9. The molecule has 2 aromatic carbocycles. The van der Waals surface area contributed by atoms with Gasteiger partial charge in [0.1, 0.15) is 5.75 Å². The molecule has 0 saturated carbocycles. The lowest BCUT2D eigenvalue weighted by Gasteiger charge is -2.18. The minimum absolute atomic E-state index is 0.0465. The van der Waals surface area contributed by atoms with E-state index in [2.05, 4.69) is 6.58 Å². The first-order valence-electron chi connectivity index (χ1n) is 11.8. The van der Waals surface area contributed by atoms with Crippen LogP contribution in [0.25, 0.3) is 10.5 Å². The third kappa shape index (κ3) is 6.78. The van der Waals surface area contributed by atoms with Crippen LogP contribution in [-0.2, 0) is 25.8 Å². The predicted octanol–water partition coefficient (Wildman–Crippen LogP) is 6.49. The molecule has 5 nitrogen and oxygen atoms in total. The first-order chi connectivity index (χ1) is 17.1. The number of benzene rings is 2. The molecule has 0 bridgehead atoms. The number of aryl methyl sites for hydroxylation is 1. The molecule has 9 heteroatoms. The molecule has 0 aromatic heterocycles. The molecule has 0 N–H and O–H groups in total. The van der Waals surface area contributed by atoms with Crippen molar-refractivity contribution in [1.29, 1.82) is 0 Å². The summed E-state index contributed by atoms with van der Waals surface area (Å²) in [5.41, 5.74) is -4.21. The summed E-state index contributed by atoms with van der Waals surface area (Å²) >= 11 is 0. The van der Waals surface area contributed by atoms with E-state index in [1.54, 1.807) is 42.5 Å². The normalized spacial score (nSPS) is 14.1. The van der Waals surface area contributed by atoms with Crippen molar-refractivity contribution in [2.45, 2.75) is 50.5 Å². The average molecular weight is 523 g/mol. The number of alkyl halides is 3. The lowest BCUT2D eigenvalue weighted by molar-refractivity contribution is -0.137. The van der Waals surface area contributed by atoms with Crippen LogP contribution in [0.15, 0.2) is 61.2 Å². The number of fused-ring (bicyclic) bond motifs is 1. The highest BCUT2D eigenvalue weighted by atomic mass is 32.2. The van der Waals surface area contributed by atoms with Gasteiger partial charge in [-0.2, -0.15) is 13.2 Å². The molecule has 0 saturated heterocycles. The molecule has 2 aromatic rings. The summed E-state index contributed by atoms with van der Waals surface area (Å²) < 4.78 is 77.7. The maximum atomic E-state index is 13.8. The van der Waals surface area contributed by atoms with Crippen LogP contribution < -0.4 is 4.74 Å². The van der Waals surface area contributed by atoms with E-state index in [1.165, 1.54) is 6.07 Å². The largest absolute Gasteiger partial charge is 0.501 e. The lowest BCUT2D eigenvalue weighted by atomic mass is 10.0. The SMILES string of the molecule is C=CC(=O)OCCCCCCOc1ccc2c(c1)C(S(=O)(=O)C(F)(F)F)=C(c1ccccc1)CCC2. The number of rotatable bonds is 11. The highest BCUT2D eigenvalue weighted by molar-refractivity contribution is 8.01. The van der Waals surface area contributed by atoms with E-state index in [0.29, 0.717) is 55.8 Å². The van der Waals surface area contributed by atoms with Crippen molar-refractivity contribution in [3.63, 3.8) is 0 Å². The Bertz CT molecular complexity index is 1200. The van der Waals surface area contributed by atoms with Gasteiger partial charge in [-0.3, -0.25) is 0 Å². The molecule has 1 aliphatic rings. The lowest BCUT2D eigenvalue weighted by Crippen LogP contribution is -2.25. The number of carbonyl (C=O) groups is 1. The fourth-order valence-corrected chi connectivity index (χ4v) is 5.38. The molecule has 0 radical (unpaired) electrons. The van der Waals surface area contributed by atoms with Crippen molar-refractivity contribution in [1.82, 2.24) is 0 Å². The number of allylic oxidation sites excluding steroid dienone is 1. The van der Waals surface area contributed by atoms with E-state index in [0.717, 1.165) is 18.9 Å². The summed E-state index contributed by atoms with van der Waals surface area (Å²) in [7, 11) is -5.61. The van der Waals surface area contributed by atoms with E-state index in [-0.39, 0.29) is 17.6 Å². The second-order valence-electron chi connectivity index (χ2n) is 8.43. The third-order valence-corrected chi connectivity index (χ3v) is 7.50. The van der Waals surface area contributed by atoms with Crippen molar-refractivity contribution < 1.29 is 35.9 Å². The summed E-state index contributed by atoms with van der Waals surface area (Å²) in [6, 6.07) is 13.1. The first kappa shape index (κ1) is 27.5. The third-order valence-electron chi connectivity index (χ3n) is 5.89. The highest BCUT2D eigenvalue weighted by Crippen LogP contribution is 2.45. The Morgan fingerprint density at radius 3 is 2.33 bits per heavy atom. The van der Waals surface area contributed by atoms with Crippen LogP contribution in [0.3, 0.4) is 0 Å². The molecule has 0 fully saturated rings. The molecule has 1 aliphatic carbocycles. The number of esters is 1. The standard InChI is InChI=1S/C27H29F3O5S/c1-2-25(31)35-18-9-4-3-8-17-34-22-16-15-21-13-10-14-23(20-11-6-5-7-12-20)26(24(21)19-22)36(32,33)27(28,29)30/h2,5-7,11-12,15-16,19H,1,3-4,8-10,13-14,17-18H2. The first-order valence-corrected chi connectivity index (χ1v) is 13.3. The van der Waals surface area contributed by atoms with Crippen LogP contribution in [0.1, 0.15) is 55.2 Å². The van der Waals surface area contributed by atoms with E-state index < -0.39 is 26.2 Å². The predicted molar refractivity (Wildman–Crippen MR) is 133 cm³/mol. The second kappa shape index (κ2) is 12.3. The Labute approximate surface area is 209 Å². The van der Waals surface area contributed by atoms with E-state index >= 15 is 0 Å². The van der Waals surface area contributed by atoms with Crippen molar-refractivity contribution in [2.75, 3.05) is 13.2 Å². The maximum Gasteiger partial charge on any atom is 0.501 e.